The predicted octanol–water partition coefficient (Wildman–Crippen LogP) is 1.62. The van der Waals surface area contributed by atoms with E-state index in [9.17, 15) is 15.2 Å². The maximum atomic E-state index is 10.5. The molecule has 0 aromatic carbocycles. The van der Waals surface area contributed by atoms with Gasteiger partial charge in [-0.25, -0.2) is 4.98 Å². The Morgan fingerprint density at radius 3 is 2.88 bits per heavy atom. The molecule has 0 radical (unpaired) electrons. The first-order valence-electron chi connectivity index (χ1n) is 4.96. The van der Waals surface area contributed by atoms with Gasteiger partial charge in [0, 0.05) is 11.5 Å². The number of aliphatic hydroxyl groups is 1. The molecule has 2 atom stereocenters. The number of rotatable bonds is 3. The third-order valence-corrected chi connectivity index (χ3v) is 4.07. The summed E-state index contributed by atoms with van der Waals surface area (Å²) < 4.78 is 0. The van der Waals surface area contributed by atoms with Crippen LogP contribution >= 0.6 is 11.3 Å². The summed E-state index contributed by atoms with van der Waals surface area (Å²) in [5.41, 5.74) is -0.208. The van der Waals surface area contributed by atoms with Crippen LogP contribution in [0, 0.1) is 15.5 Å². The Bertz CT molecular complexity index is 418. The fraction of sp³-hybridized carbons (Fsp3) is 0.667. The molecule has 1 saturated carbocycles. The standard InChI is InChI=1S/C9H13N3O3S/c1-9(2)5(3-6(9)13)11-8-10-4-7(16-8)12(14)15/h4-6,13H,3H2,1-2H3,(H,10,11). The summed E-state index contributed by atoms with van der Waals surface area (Å²) in [5.74, 6) is 0. The molecule has 0 amide bonds. The number of aromatic nitrogens is 1. The summed E-state index contributed by atoms with van der Waals surface area (Å²) in [6.45, 7) is 3.92. The lowest BCUT2D eigenvalue weighted by Crippen LogP contribution is -2.56. The van der Waals surface area contributed by atoms with Crippen molar-refractivity contribution < 1.29 is 10.0 Å². The molecule has 1 heterocycles. The maximum absolute atomic E-state index is 10.5. The highest BCUT2D eigenvalue weighted by Crippen LogP contribution is 2.42. The molecule has 1 aromatic heterocycles. The molecule has 1 fully saturated rings. The number of hydrogen-bond acceptors (Lipinski definition) is 6. The summed E-state index contributed by atoms with van der Waals surface area (Å²) in [7, 11) is 0. The van der Waals surface area contributed by atoms with Crippen molar-refractivity contribution in [3.05, 3.63) is 16.3 Å². The minimum Gasteiger partial charge on any atom is -0.392 e. The van der Waals surface area contributed by atoms with E-state index in [1.165, 1.54) is 6.20 Å². The Morgan fingerprint density at radius 1 is 1.75 bits per heavy atom. The Hall–Kier alpha value is -1.21. The Morgan fingerprint density at radius 2 is 2.44 bits per heavy atom. The summed E-state index contributed by atoms with van der Waals surface area (Å²) in [5, 5.41) is 23.7. The smallest absolute Gasteiger partial charge is 0.345 e. The molecule has 16 heavy (non-hydrogen) atoms. The lowest BCUT2D eigenvalue weighted by molar-refractivity contribution is -0.380. The molecule has 1 aliphatic carbocycles. The molecule has 6 nitrogen and oxygen atoms in total. The van der Waals surface area contributed by atoms with E-state index in [2.05, 4.69) is 10.3 Å². The van der Waals surface area contributed by atoms with Crippen LogP contribution in [0.25, 0.3) is 0 Å². The van der Waals surface area contributed by atoms with Crippen molar-refractivity contribution in [3.63, 3.8) is 0 Å². The van der Waals surface area contributed by atoms with Gasteiger partial charge >= 0.3 is 5.00 Å². The van der Waals surface area contributed by atoms with Crippen molar-refractivity contribution in [1.29, 1.82) is 0 Å². The van der Waals surface area contributed by atoms with Crippen molar-refractivity contribution >= 4 is 21.5 Å². The predicted molar refractivity (Wildman–Crippen MR) is 60.6 cm³/mol. The maximum Gasteiger partial charge on any atom is 0.345 e. The van der Waals surface area contributed by atoms with Crippen LogP contribution in [0.5, 0.6) is 0 Å². The quantitative estimate of drug-likeness (QED) is 0.622. The van der Waals surface area contributed by atoms with Gasteiger partial charge in [0.1, 0.15) is 6.20 Å². The van der Waals surface area contributed by atoms with Crippen molar-refractivity contribution in [2.45, 2.75) is 32.4 Å². The Balaban J connectivity index is 2.03. The van der Waals surface area contributed by atoms with Gasteiger partial charge < -0.3 is 10.4 Å². The molecule has 88 valence electrons. The summed E-state index contributed by atoms with van der Waals surface area (Å²) in [6, 6.07) is 0.119. The second kappa shape index (κ2) is 3.67. The van der Waals surface area contributed by atoms with E-state index >= 15 is 0 Å². The topological polar surface area (TPSA) is 88.3 Å². The van der Waals surface area contributed by atoms with Gasteiger partial charge in [-0.2, -0.15) is 0 Å². The molecule has 0 aliphatic heterocycles. The van der Waals surface area contributed by atoms with E-state index in [0.29, 0.717) is 11.6 Å². The van der Waals surface area contributed by atoms with E-state index < -0.39 is 4.92 Å². The lowest BCUT2D eigenvalue weighted by Gasteiger charge is -2.49. The summed E-state index contributed by atoms with van der Waals surface area (Å²) >= 11 is 1.02. The zero-order chi connectivity index (χ0) is 11.9. The van der Waals surface area contributed by atoms with Crippen LogP contribution in [-0.2, 0) is 0 Å². The van der Waals surface area contributed by atoms with E-state index in [1.54, 1.807) is 0 Å². The van der Waals surface area contributed by atoms with Crippen LogP contribution in [0.3, 0.4) is 0 Å². The van der Waals surface area contributed by atoms with Crippen LogP contribution < -0.4 is 5.32 Å². The molecule has 2 unspecified atom stereocenters. The van der Waals surface area contributed by atoms with Crippen LogP contribution in [0.4, 0.5) is 10.1 Å². The highest BCUT2D eigenvalue weighted by molar-refractivity contribution is 7.18. The molecule has 0 spiro atoms. The summed E-state index contributed by atoms with van der Waals surface area (Å²) in [6.07, 6.45) is 1.58. The Kier molecular flexibility index (Phi) is 2.59. The van der Waals surface area contributed by atoms with Crippen molar-refractivity contribution in [2.24, 2.45) is 5.41 Å². The van der Waals surface area contributed by atoms with E-state index in [4.69, 9.17) is 0 Å². The van der Waals surface area contributed by atoms with Crippen LogP contribution in [0.2, 0.25) is 0 Å². The van der Waals surface area contributed by atoms with Gasteiger partial charge in [-0.15, -0.1) is 0 Å². The number of hydrogen-bond donors (Lipinski definition) is 2. The highest BCUT2D eigenvalue weighted by Gasteiger charge is 2.47. The van der Waals surface area contributed by atoms with Gasteiger partial charge in [-0.3, -0.25) is 10.1 Å². The Labute approximate surface area is 96.5 Å². The van der Waals surface area contributed by atoms with Gasteiger partial charge in [0.2, 0.25) is 0 Å². The molecular weight excluding hydrogens is 230 g/mol. The molecule has 7 heteroatoms. The van der Waals surface area contributed by atoms with E-state index in [-0.39, 0.29) is 22.6 Å². The van der Waals surface area contributed by atoms with Gasteiger partial charge in [0.25, 0.3) is 0 Å². The number of nitrogens with zero attached hydrogens (tertiary/aromatic N) is 2. The zero-order valence-electron chi connectivity index (χ0n) is 9.01. The molecule has 2 rings (SSSR count). The van der Waals surface area contributed by atoms with E-state index in [1.807, 2.05) is 13.8 Å². The molecular formula is C9H13N3O3S. The lowest BCUT2D eigenvalue weighted by atomic mass is 9.65. The molecule has 0 saturated heterocycles. The average Bonchev–Trinajstić information content (AvgIpc) is 2.66. The van der Waals surface area contributed by atoms with Crippen molar-refractivity contribution in [1.82, 2.24) is 4.98 Å². The largest absolute Gasteiger partial charge is 0.392 e. The minimum absolute atomic E-state index is 0.0279. The van der Waals surface area contributed by atoms with Crippen LogP contribution in [0.1, 0.15) is 20.3 Å². The van der Waals surface area contributed by atoms with Crippen LogP contribution in [0.15, 0.2) is 6.20 Å². The number of anilines is 1. The van der Waals surface area contributed by atoms with Gasteiger partial charge in [0.05, 0.1) is 11.0 Å². The van der Waals surface area contributed by atoms with Crippen molar-refractivity contribution in [2.75, 3.05) is 5.32 Å². The SMILES string of the molecule is CC1(C)C(O)CC1Nc1ncc([N+](=O)[O-])s1. The third-order valence-electron chi connectivity index (χ3n) is 3.19. The number of nitrogens with one attached hydrogen (secondary N) is 1. The number of aliphatic hydroxyl groups excluding tert-OH is 1. The van der Waals surface area contributed by atoms with Gasteiger partial charge in [-0.1, -0.05) is 13.8 Å². The first-order valence-corrected chi connectivity index (χ1v) is 5.77. The summed E-state index contributed by atoms with van der Waals surface area (Å²) in [4.78, 5) is 14.0. The molecule has 1 aromatic rings. The first-order chi connectivity index (χ1) is 7.41. The fourth-order valence-electron chi connectivity index (χ4n) is 1.71. The number of nitro groups is 1. The average molecular weight is 243 g/mol. The molecule has 0 bridgehead atoms. The van der Waals surface area contributed by atoms with E-state index in [0.717, 1.165) is 11.3 Å². The fourth-order valence-corrected chi connectivity index (χ4v) is 2.40. The van der Waals surface area contributed by atoms with Crippen molar-refractivity contribution in [3.8, 4) is 0 Å². The number of thiazole rings is 1. The second-order valence-corrected chi connectivity index (χ2v) is 5.54. The van der Waals surface area contributed by atoms with Gasteiger partial charge in [-0.05, 0) is 17.8 Å². The van der Waals surface area contributed by atoms with Crippen LogP contribution in [-0.4, -0.2) is 27.2 Å². The zero-order valence-corrected chi connectivity index (χ0v) is 9.82. The molecule has 2 N–H and O–H groups in total. The molecule has 1 aliphatic rings. The third kappa shape index (κ3) is 1.76. The minimum atomic E-state index is -0.455. The normalized spacial score (nSPS) is 27.2. The highest BCUT2D eigenvalue weighted by atomic mass is 32.1. The monoisotopic (exact) mass is 243 g/mol. The van der Waals surface area contributed by atoms with Gasteiger partial charge in [0.15, 0.2) is 5.13 Å². The second-order valence-electron chi connectivity index (χ2n) is 4.53. The first kappa shape index (κ1) is 11.3.